The molecule has 1 saturated heterocycles. The van der Waals surface area contributed by atoms with Gasteiger partial charge in [-0.1, -0.05) is 25.1 Å². The fourth-order valence-corrected chi connectivity index (χ4v) is 2.34. The summed E-state index contributed by atoms with van der Waals surface area (Å²) in [6.45, 7) is 7.88. The smallest absolute Gasteiger partial charge is 0.0349 e. The number of piperazine rings is 1. The lowest BCUT2D eigenvalue weighted by atomic mass is 9.98. The first kappa shape index (κ1) is 11.4. The predicted octanol–water partition coefficient (Wildman–Crippen LogP) is 1.28. The zero-order chi connectivity index (χ0) is 11.4. The van der Waals surface area contributed by atoms with E-state index < -0.39 is 0 Å². The van der Waals surface area contributed by atoms with Gasteiger partial charge < -0.3 is 16.0 Å². The van der Waals surface area contributed by atoms with Crippen LogP contribution in [0.2, 0.25) is 0 Å². The number of hydrogen-bond donors (Lipinski definition) is 2. The second-order valence-electron chi connectivity index (χ2n) is 4.58. The van der Waals surface area contributed by atoms with Crippen LogP contribution >= 0.6 is 0 Å². The van der Waals surface area contributed by atoms with Crippen LogP contribution in [0.1, 0.15) is 18.4 Å². The van der Waals surface area contributed by atoms with E-state index in [1.165, 1.54) is 5.56 Å². The molecule has 3 heteroatoms. The summed E-state index contributed by atoms with van der Waals surface area (Å²) in [6.07, 6.45) is 0. The van der Waals surface area contributed by atoms with Gasteiger partial charge in [-0.15, -0.1) is 0 Å². The van der Waals surface area contributed by atoms with E-state index in [1.807, 2.05) is 12.1 Å². The maximum absolute atomic E-state index is 6.00. The van der Waals surface area contributed by atoms with E-state index in [0.717, 1.165) is 38.4 Å². The molecule has 1 aromatic carbocycles. The van der Waals surface area contributed by atoms with Gasteiger partial charge in [-0.05, 0) is 17.5 Å². The summed E-state index contributed by atoms with van der Waals surface area (Å²) in [4.78, 5) is 2.51. The number of para-hydroxylation sites is 1. The fraction of sp³-hybridized carbons (Fsp3) is 0.538. The molecular weight excluding hydrogens is 198 g/mol. The molecule has 3 N–H and O–H groups in total. The Labute approximate surface area is 97.6 Å². The van der Waals surface area contributed by atoms with Crippen LogP contribution in [-0.2, 0) is 0 Å². The highest BCUT2D eigenvalue weighted by Crippen LogP contribution is 2.22. The van der Waals surface area contributed by atoms with Crippen LogP contribution < -0.4 is 11.1 Å². The van der Waals surface area contributed by atoms with E-state index in [-0.39, 0.29) is 0 Å². The summed E-state index contributed by atoms with van der Waals surface area (Å²) in [5.41, 5.74) is 8.20. The first-order chi connectivity index (χ1) is 7.77. The predicted molar refractivity (Wildman–Crippen MR) is 68.6 cm³/mol. The number of nitrogens with zero attached hydrogens (tertiary/aromatic N) is 1. The van der Waals surface area contributed by atoms with Gasteiger partial charge in [0.05, 0.1) is 0 Å². The molecule has 1 heterocycles. The Kier molecular flexibility index (Phi) is 3.80. The highest BCUT2D eigenvalue weighted by Gasteiger charge is 2.15. The number of hydrogen-bond acceptors (Lipinski definition) is 3. The molecule has 88 valence electrons. The molecule has 1 aliphatic heterocycles. The molecular formula is C13H21N3. The zero-order valence-electron chi connectivity index (χ0n) is 9.95. The molecule has 0 aliphatic carbocycles. The molecule has 0 saturated carbocycles. The first-order valence-corrected chi connectivity index (χ1v) is 6.05. The molecule has 16 heavy (non-hydrogen) atoms. The Bertz CT molecular complexity index is 332. The van der Waals surface area contributed by atoms with Gasteiger partial charge in [0.2, 0.25) is 0 Å². The summed E-state index contributed by atoms with van der Waals surface area (Å²) in [5.74, 6) is 0.513. The van der Waals surface area contributed by atoms with Gasteiger partial charge in [-0.2, -0.15) is 0 Å². The van der Waals surface area contributed by atoms with Crippen LogP contribution in [0.25, 0.3) is 0 Å². The van der Waals surface area contributed by atoms with Crippen molar-refractivity contribution in [3.8, 4) is 0 Å². The number of rotatable bonds is 3. The number of nitrogen functional groups attached to an aromatic ring is 1. The Morgan fingerprint density at radius 3 is 2.69 bits per heavy atom. The summed E-state index contributed by atoms with van der Waals surface area (Å²) >= 11 is 0. The van der Waals surface area contributed by atoms with Crippen molar-refractivity contribution in [2.75, 3.05) is 38.5 Å². The van der Waals surface area contributed by atoms with Crippen LogP contribution in [0.5, 0.6) is 0 Å². The quantitative estimate of drug-likeness (QED) is 0.752. The molecule has 3 nitrogen and oxygen atoms in total. The van der Waals surface area contributed by atoms with Crippen molar-refractivity contribution in [2.45, 2.75) is 12.8 Å². The lowest BCUT2D eigenvalue weighted by Crippen LogP contribution is -2.44. The molecule has 0 spiro atoms. The molecule has 0 radical (unpaired) electrons. The number of nitrogens with two attached hydrogens (primary N) is 1. The van der Waals surface area contributed by atoms with Gasteiger partial charge in [0, 0.05) is 38.4 Å². The Balaban J connectivity index is 1.96. The standard InChI is InChI=1S/C13H21N3/c1-11(10-16-8-6-15-7-9-16)12-4-2-3-5-13(12)14/h2-5,11,15H,6-10,14H2,1H3. The lowest BCUT2D eigenvalue weighted by Gasteiger charge is -2.30. The summed E-state index contributed by atoms with van der Waals surface area (Å²) in [6, 6.07) is 8.20. The molecule has 1 aliphatic rings. The fourth-order valence-electron chi connectivity index (χ4n) is 2.34. The number of benzene rings is 1. The Morgan fingerprint density at radius 1 is 1.31 bits per heavy atom. The van der Waals surface area contributed by atoms with Gasteiger partial charge in [0.25, 0.3) is 0 Å². The topological polar surface area (TPSA) is 41.3 Å². The van der Waals surface area contributed by atoms with E-state index >= 15 is 0 Å². The second-order valence-corrected chi connectivity index (χ2v) is 4.58. The van der Waals surface area contributed by atoms with Gasteiger partial charge in [0.15, 0.2) is 0 Å². The highest BCUT2D eigenvalue weighted by atomic mass is 15.2. The van der Waals surface area contributed by atoms with Crippen molar-refractivity contribution in [2.24, 2.45) is 0 Å². The van der Waals surface area contributed by atoms with Gasteiger partial charge in [-0.3, -0.25) is 0 Å². The summed E-state index contributed by atoms with van der Waals surface area (Å²) in [7, 11) is 0. The maximum Gasteiger partial charge on any atom is 0.0349 e. The maximum atomic E-state index is 6.00. The lowest BCUT2D eigenvalue weighted by molar-refractivity contribution is 0.231. The third-order valence-electron chi connectivity index (χ3n) is 3.27. The first-order valence-electron chi connectivity index (χ1n) is 6.05. The van der Waals surface area contributed by atoms with Crippen molar-refractivity contribution in [3.05, 3.63) is 29.8 Å². The monoisotopic (exact) mass is 219 g/mol. The number of nitrogens with one attached hydrogen (secondary N) is 1. The minimum atomic E-state index is 0.513. The summed E-state index contributed by atoms with van der Waals surface area (Å²) < 4.78 is 0. The van der Waals surface area contributed by atoms with E-state index in [4.69, 9.17) is 5.73 Å². The minimum absolute atomic E-state index is 0.513. The van der Waals surface area contributed by atoms with Crippen molar-refractivity contribution in [1.29, 1.82) is 0 Å². The van der Waals surface area contributed by atoms with Crippen LogP contribution in [-0.4, -0.2) is 37.6 Å². The van der Waals surface area contributed by atoms with E-state index in [2.05, 4.69) is 29.3 Å². The largest absolute Gasteiger partial charge is 0.398 e. The molecule has 1 aromatic rings. The van der Waals surface area contributed by atoms with Crippen LogP contribution in [0, 0.1) is 0 Å². The average Bonchev–Trinajstić information content (AvgIpc) is 2.31. The number of anilines is 1. The Hall–Kier alpha value is -1.06. The van der Waals surface area contributed by atoms with Gasteiger partial charge in [-0.25, -0.2) is 0 Å². The van der Waals surface area contributed by atoms with Crippen LogP contribution in [0.15, 0.2) is 24.3 Å². The average molecular weight is 219 g/mol. The molecule has 1 unspecified atom stereocenters. The molecule has 0 aromatic heterocycles. The van der Waals surface area contributed by atoms with Gasteiger partial charge in [0.1, 0.15) is 0 Å². The Morgan fingerprint density at radius 2 is 2.00 bits per heavy atom. The molecule has 0 amide bonds. The molecule has 2 rings (SSSR count). The van der Waals surface area contributed by atoms with Crippen molar-refractivity contribution in [3.63, 3.8) is 0 Å². The van der Waals surface area contributed by atoms with Crippen molar-refractivity contribution >= 4 is 5.69 Å². The molecule has 1 fully saturated rings. The minimum Gasteiger partial charge on any atom is -0.398 e. The third-order valence-corrected chi connectivity index (χ3v) is 3.27. The van der Waals surface area contributed by atoms with E-state index in [1.54, 1.807) is 0 Å². The van der Waals surface area contributed by atoms with E-state index in [9.17, 15) is 0 Å². The van der Waals surface area contributed by atoms with Crippen LogP contribution in [0.3, 0.4) is 0 Å². The van der Waals surface area contributed by atoms with Crippen LogP contribution in [0.4, 0.5) is 5.69 Å². The van der Waals surface area contributed by atoms with E-state index in [0.29, 0.717) is 5.92 Å². The zero-order valence-corrected chi connectivity index (χ0v) is 9.95. The van der Waals surface area contributed by atoms with Crippen molar-refractivity contribution < 1.29 is 0 Å². The summed E-state index contributed by atoms with van der Waals surface area (Å²) in [5, 5.41) is 3.37. The third kappa shape index (κ3) is 2.74. The SMILES string of the molecule is CC(CN1CCNCC1)c1ccccc1N. The molecule has 0 bridgehead atoms. The highest BCUT2D eigenvalue weighted by molar-refractivity contribution is 5.48. The molecule has 1 atom stereocenters. The van der Waals surface area contributed by atoms with Gasteiger partial charge >= 0.3 is 0 Å². The van der Waals surface area contributed by atoms with Crippen molar-refractivity contribution in [1.82, 2.24) is 10.2 Å². The normalized spacial score (nSPS) is 19.6. The second kappa shape index (κ2) is 5.32.